The third-order valence-corrected chi connectivity index (χ3v) is 6.07. The summed E-state index contributed by atoms with van der Waals surface area (Å²) in [7, 11) is -3.78. The van der Waals surface area contributed by atoms with Gasteiger partial charge in [0.05, 0.1) is 31.2 Å². The molecule has 0 bridgehead atoms. The van der Waals surface area contributed by atoms with Crippen LogP contribution in [0.25, 0.3) is 11.0 Å². The molecule has 1 saturated heterocycles. The maximum atomic E-state index is 12.6. The van der Waals surface area contributed by atoms with E-state index in [0.717, 1.165) is 37.7 Å². The Labute approximate surface area is 149 Å². The number of aliphatic imine (C=N–C) groups is 1. The molecule has 25 heavy (non-hydrogen) atoms. The van der Waals surface area contributed by atoms with Gasteiger partial charge in [0, 0.05) is 13.2 Å². The first-order valence-corrected chi connectivity index (χ1v) is 10.2. The highest BCUT2D eigenvalue weighted by molar-refractivity contribution is 7.90. The van der Waals surface area contributed by atoms with E-state index in [-0.39, 0.29) is 17.0 Å². The van der Waals surface area contributed by atoms with Crippen LogP contribution >= 0.6 is 11.7 Å². The minimum absolute atomic E-state index is 0.102. The van der Waals surface area contributed by atoms with Gasteiger partial charge in [-0.1, -0.05) is 6.07 Å². The molecule has 2 aliphatic heterocycles. The second-order valence-corrected chi connectivity index (χ2v) is 8.14. The second-order valence-electron chi connectivity index (χ2n) is 5.97. The molecule has 2 aliphatic rings. The van der Waals surface area contributed by atoms with Gasteiger partial charge < -0.3 is 10.1 Å². The first-order chi connectivity index (χ1) is 12.1. The van der Waals surface area contributed by atoms with E-state index in [1.807, 2.05) is 0 Å². The lowest BCUT2D eigenvalue weighted by Crippen LogP contribution is -2.51. The van der Waals surface area contributed by atoms with Gasteiger partial charge in [-0.2, -0.15) is 8.75 Å². The maximum Gasteiger partial charge on any atom is 0.266 e. The zero-order chi connectivity index (χ0) is 17.3. The number of fused-ring (bicyclic) bond motifs is 1. The predicted octanol–water partition coefficient (Wildman–Crippen LogP) is 0.325. The van der Waals surface area contributed by atoms with Gasteiger partial charge in [-0.05, 0) is 25.0 Å². The van der Waals surface area contributed by atoms with Crippen LogP contribution in [0.3, 0.4) is 0 Å². The first-order valence-electron chi connectivity index (χ1n) is 7.98. The quantitative estimate of drug-likeness (QED) is 0.784. The molecular weight excluding hydrogens is 364 g/mol. The van der Waals surface area contributed by atoms with Crippen LogP contribution in [0.5, 0.6) is 0 Å². The van der Waals surface area contributed by atoms with Crippen molar-refractivity contribution >= 4 is 38.7 Å². The van der Waals surface area contributed by atoms with Crippen LogP contribution in [0.2, 0.25) is 0 Å². The van der Waals surface area contributed by atoms with Gasteiger partial charge >= 0.3 is 0 Å². The summed E-state index contributed by atoms with van der Waals surface area (Å²) >= 11 is 0.988. The van der Waals surface area contributed by atoms with E-state index in [2.05, 4.69) is 28.7 Å². The molecular formula is C14H18N6O3S2. The van der Waals surface area contributed by atoms with Crippen molar-refractivity contribution in [2.24, 2.45) is 4.99 Å². The number of nitrogens with zero attached hydrogens (tertiary/aromatic N) is 4. The Bertz CT molecular complexity index is 891. The summed E-state index contributed by atoms with van der Waals surface area (Å²) in [5, 5.41) is 3.01. The van der Waals surface area contributed by atoms with E-state index in [0.29, 0.717) is 24.4 Å². The number of nitrogens with one attached hydrogen (secondary N) is 2. The number of ether oxygens (including phenoxy) is 1. The van der Waals surface area contributed by atoms with Crippen molar-refractivity contribution in [2.45, 2.75) is 23.8 Å². The van der Waals surface area contributed by atoms with E-state index in [1.165, 1.54) is 6.07 Å². The summed E-state index contributed by atoms with van der Waals surface area (Å²) in [6.07, 6.45) is 2.40. The number of hydrogen-bond acceptors (Lipinski definition) is 9. The Morgan fingerprint density at radius 2 is 2.32 bits per heavy atom. The molecule has 11 heteroatoms. The summed E-state index contributed by atoms with van der Waals surface area (Å²) < 4.78 is 41.5. The van der Waals surface area contributed by atoms with Crippen molar-refractivity contribution in [1.29, 1.82) is 0 Å². The van der Waals surface area contributed by atoms with Gasteiger partial charge in [0.25, 0.3) is 10.0 Å². The highest BCUT2D eigenvalue weighted by atomic mass is 32.2. The SMILES string of the molecule is O=S(=O)(NC1=NCN(CC2CCCO2)CN1)c1cccc2nsnc12. The minimum Gasteiger partial charge on any atom is -0.377 e. The molecule has 1 atom stereocenters. The van der Waals surface area contributed by atoms with E-state index in [1.54, 1.807) is 12.1 Å². The smallest absolute Gasteiger partial charge is 0.266 e. The summed E-state index contributed by atoms with van der Waals surface area (Å²) in [4.78, 5) is 6.47. The van der Waals surface area contributed by atoms with Crippen LogP contribution in [0.4, 0.5) is 0 Å². The Hall–Kier alpha value is -1.82. The first kappa shape index (κ1) is 16.6. The van der Waals surface area contributed by atoms with Gasteiger partial charge in [-0.25, -0.2) is 18.1 Å². The van der Waals surface area contributed by atoms with Crippen molar-refractivity contribution in [2.75, 3.05) is 26.5 Å². The molecule has 1 aromatic carbocycles. The van der Waals surface area contributed by atoms with E-state index >= 15 is 0 Å². The van der Waals surface area contributed by atoms with Gasteiger partial charge in [-0.15, -0.1) is 0 Å². The molecule has 0 spiro atoms. The summed E-state index contributed by atoms with van der Waals surface area (Å²) in [6.45, 7) is 2.55. The monoisotopic (exact) mass is 382 g/mol. The third-order valence-electron chi connectivity index (χ3n) is 4.15. The molecule has 1 unspecified atom stereocenters. The van der Waals surface area contributed by atoms with E-state index in [9.17, 15) is 8.42 Å². The molecule has 0 radical (unpaired) electrons. The fraction of sp³-hybridized carbons (Fsp3) is 0.500. The second kappa shape index (κ2) is 6.83. The highest BCUT2D eigenvalue weighted by Gasteiger charge is 2.24. The van der Waals surface area contributed by atoms with Crippen molar-refractivity contribution in [1.82, 2.24) is 23.7 Å². The molecule has 1 aromatic heterocycles. The Kier molecular flexibility index (Phi) is 4.54. The molecule has 0 saturated carbocycles. The van der Waals surface area contributed by atoms with Crippen LogP contribution < -0.4 is 10.0 Å². The van der Waals surface area contributed by atoms with Gasteiger partial charge in [0.1, 0.15) is 15.9 Å². The fourth-order valence-corrected chi connectivity index (χ4v) is 4.68. The maximum absolute atomic E-state index is 12.6. The number of sulfonamides is 1. The van der Waals surface area contributed by atoms with Crippen molar-refractivity contribution in [3.8, 4) is 0 Å². The molecule has 3 heterocycles. The molecule has 4 rings (SSSR count). The van der Waals surface area contributed by atoms with Crippen LogP contribution in [-0.4, -0.2) is 60.6 Å². The lowest BCUT2D eigenvalue weighted by molar-refractivity contribution is 0.0714. The van der Waals surface area contributed by atoms with Gasteiger partial charge in [0.15, 0.2) is 0 Å². The molecule has 0 amide bonds. The van der Waals surface area contributed by atoms with Gasteiger partial charge in [-0.3, -0.25) is 4.90 Å². The number of hydrogen-bond donors (Lipinski definition) is 2. The number of aromatic nitrogens is 2. The normalized spacial score (nSPS) is 21.9. The third kappa shape index (κ3) is 3.59. The average molecular weight is 382 g/mol. The summed E-state index contributed by atoms with van der Waals surface area (Å²) in [5.74, 6) is 0.240. The molecule has 134 valence electrons. The molecule has 2 N–H and O–H groups in total. The standard InChI is InChI=1S/C14H18N6O3S2/c21-25(22,12-5-1-4-11-13(12)18-24-17-11)19-14-15-8-20(9-16-14)7-10-3-2-6-23-10/h1,4-5,10H,2-3,6-9H2,(H2,15,16,19). The summed E-state index contributed by atoms with van der Waals surface area (Å²) in [6, 6.07) is 4.90. The van der Waals surface area contributed by atoms with E-state index in [4.69, 9.17) is 4.74 Å². The number of guanidine groups is 1. The fourth-order valence-electron chi connectivity index (χ4n) is 2.91. The molecule has 0 aliphatic carbocycles. The number of benzene rings is 1. The zero-order valence-electron chi connectivity index (χ0n) is 13.4. The molecule has 9 nitrogen and oxygen atoms in total. The van der Waals surface area contributed by atoms with Crippen molar-refractivity contribution in [3.05, 3.63) is 18.2 Å². The molecule has 1 fully saturated rings. The average Bonchev–Trinajstić information content (AvgIpc) is 3.27. The van der Waals surface area contributed by atoms with Crippen LogP contribution in [-0.2, 0) is 14.8 Å². The lowest BCUT2D eigenvalue weighted by Gasteiger charge is -2.28. The van der Waals surface area contributed by atoms with Crippen LogP contribution in [0.15, 0.2) is 28.1 Å². The Morgan fingerprint density at radius 3 is 3.08 bits per heavy atom. The zero-order valence-corrected chi connectivity index (χ0v) is 15.0. The predicted molar refractivity (Wildman–Crippen MR) is 93.7 cm³/mol. The van der Waals surface area contributed by atoms with Crippen LogP contribution in [0.1, 0.15) is 12.8 Å². The number of rotatable bonds is 4. The Balaban J connectivity index is 1.44. The lowest BCUT2D eigenvalue weighted by atomic mass is 10.2. The Morgan fingerprint density at radius 1 is 1.40 bits per heavy atom. The molecule has 2 aromatic rings. The largest absolute Gasteiger partial charge is 0.377 e. The van der Waals surface area contributed by atoms with Crippen LogP contribution in [0, 0.1) is 0 Å². The topological polar surface area (TPSA) is 109 Å². The summed E-state index contributed by atoms with van der Waals surface area (Å²) in [5.41, 5.74) is 0.936. The van der Waals surface area contributed by atoms with Crippen molar-refractivity contribution in [3.63, 3.8) is 0 Å². The van der Waals surface area contributed by atoms with Crippen molar-refractivity contribution < 1.29 is 13.2 Å². The van der Waals surface area contributed by atoms with E-state index < -0.39 is 10.0 Å². The van der Waals surface area contributed by atoms with Gasteiger partial charge in [0.2, 0.25) is 5.96 Å². The minimum atomic E-state index is -3.78. The highest BCUT2D eigenvalue weighted by Crippen LogP contribution is 2.21.